The third-order valence-electron chi connectivity index (χ3n) is 2.89. The van der Waals surface area contributed by atoms with Gasteiger partial charge in [0, 0.05) is 13.1 Å². The van der Waals surface area contributed by atoms with Crippen molar-refractivity contribution in [1.82, 2.24) is 5.32 Å². The fourth-order valence-corrected chi connectivity index (χ4v) is 1.83. The summed E-state index contributed by atoms with van der Waals surface area (Å²) in [4.78, 5) is 0. The van der Waals surface area contributed by atoms with Crippen molar-refractivity contribution < 1.29 is 9.52 Å². The standard InChI is InChI=1S/C16H19NO2/c1-16(18,15-10-6-12-19-15)13-17-11-5-9-14-7-3-2-4-8-14/h2-10,12,17-18H,11,13H2,1H3. The molecule has 0 radical (unpaired) electrons. The van der Waals surface area contributed by atoms with Gasteiger partial charge in [0.2, 0.25) is 0 Å². The highest BCUT2D eigenvalue weighted by Crippen LogP contribution is 2.19. The molecule has 3 heteroatoms. The number of hydrogen-bond donors (Lipinski definition) is 2. The van der Waals surface area contributed by atoms with E-state index in [9.17, 15) is 5.11 Å². The molecule has 0 bridgehead atoms. The first-order valence-electron chi connectivity index (χ1n) is 6.37. The molecular formula is C16H19NO2. The van der Waals surface area contributed by atoms with Crippen LogP contribution in [0.5, 0.6) is 0 Å². The summed E-state index contributed by atoms with van der Waals surface area (Å²) in [7, 11) is 0. The molecule has 19 heavy (non-hydrogen) atoms. The maximum Gasteiger partial charge on any atom is 0.136 e. The number of benzene rings is 1. The van der Waals surface area contributed by atoms with E-state index < -0.39 is 5.60 Å². The van der Waals surface area contributed by atoms with Gasteiger partial charge in [-0.05, 0) is 24.6 Å². The lowest BCUT2D eigenvalue weighted by Crippen LogP contribution is -2.35. The van der Waals surface area contributed by atoms with Crippen LogP contribution in [0.2, 0.25) is 0 Å². The summed E-state index contributed by atoms with van der Waals surface area (Å²) in [6, 6.07) is 13.7. The van der Waals surface area contributed by atoms with Crippen molar-refractivity contribution in [3.63, 3.8) is 0 Å². The molecule has 0 aliphatic heterocycles. The number of aliphatic hydroxyl groups is 1. The van der Waals surface area contributed by atoms with E-state index in [4.69, 9.17) is 4.42 Å². The zero-order valence-electron chi connectivity index (χ0n) is 11.0. The molecule has 0 saturated carbocycles. The van der Waals surface area contributed by atoms with Crippen molar-refractivity contribution in [1.29, 1.82) is 0 Å². The molecule has 1 heterocycles. The van der Waals surface area contributed by atoms with Gasteiger partial charge in [-0.1, -0.05) is 42.5 Å². The van der Waals surface area contributed by atoms with Gasteiger partial charge in [-0.15, -0.1) is 0 Å². The molecule has 2 aromatic rings. The summed E-state index contributed by atoms with van der Waals surface area (Å²) in [6.07, 6.45) is 5.65. The number of furan rings is 1. The van der Waals surface area contributed by atoms with Gasteiger partial charge in [-0.2, -0.15) is 0 Å². The Kier molecular flexibility index (Phi) is 4.55. The molecule has 0 spiro atoms. The predicted octanol–water partition coefficient (Wildman–Crippen LogP) is 2.79. The molecule has 2 rings (SSSR count). The maximum atomic E-state index is 10.2. The van der Waals surface area contributed by atoms with Crippen molar-refractivity contribution in [3.05, 3.63) is 66.1 Å². The Morgan fingerprint density at radius 2 is 2.00 bits per heavy atom. The normalized spacial score (nSPS) is 14.6. The molecule has 1 atom stereocenters. The van der Waals surface area contributed by atoms with Crippen molar-refractivity contribution in [2.24, 2.45) is 0 Å². The molecule has 1 aromatic heterocycles. The fourth-order valence-electron chi connectivity index (χ4n) is 1.83. The lowest BCUT2D eigenvalue weighted by Gasteiger charge is -2.20. The summed E-state index contributed by atoms with van der Waals surface area (Å²) in [5.74, 6) is 0.576. The molecule has 3 nitrogen and oxygen atoms in total. The average Bonchev–Trinajstić information content (AvgIpc) is 2.94. The topological polar surface area (TPSA) is 45.4 Å². The fraction of sp³-hybridized carbons (Fsp3) is 0.250. The first-order chi connectivity index (χ1) is 9.18. The molecule has 0 aliphatic rings. The molecular weight excluding hydrogens is 238 g/mol. The highest BCUT2D eigenvalue weighted by atomic mass is 16.4. The van der Waals surface area contributed by atoms with Crippen LogP contribution >= 0.6 is 0 Å². The van der Waals surface area contributed by atoms with E-state index in [1.807, 2.05) is 24.3 Å². The molecule has 0 fully saturated rings. The molecule has 0 aliphatic carbocycles. The van der Waals surface area contributed by atoms with Crippen molar-refractivity contribution in [2.75, 3.05) is 13.1 Å². The van der Waals surface area contributed by atoms with Gasteiger partial charge < -0.3 is 14.8 Å². The van der Waals surface area contributed by atoms with Gasteiger partial charge in [-0.25, -0.2) is 0 Å². The number of rotatable bonds is 6. The second-order valence-corrected chi connectivity index (χ2v) is 4.70. The SMILES string of the molecule is CC(O)(CNCC=Cc1ccccc1)c1ccco1. The molecule has 0 amide bonds. The maximum absolute atomic E-state index is 10.2. The molecule has 1 aromatic carbocycles. The van der Waals surface area contributed by atoms with Gasteiger partial charge in [-0.3, -0.25) is 0 Å². The van der Waals surface area contributed by atoms with E-state index in [2.05, 4.69) is 23.5 Å². The van der Waals surface area contributed by atoms with Crippen LogP contribution in [0.25, 0.3) is 6.08 Å². The first kappa shape index (κ1) is 13.6. The lowest BCUT2D eigenvalue weighted by atomic mass is 10.0. The van der Waals surface area contributed by atoms with Crippen LogP contribution in [0.3, 0.4) is 0 Å². The van der Waals surface area contributed by atoms with E-state index in [-0.39, 0.29) is 0 Å². The Morgan fingerprint density at radius 1 is 1.21 bits per heavy atom. The number of hydrogen-bond acceptors (Lipinski definition) is 3. The summed E-state index contributed by atoms with van der Waals surface area (Å²) >= 11 is 0. The second kappa shape index (κ2) is 6.36. The summed E-state index contributed by atoms with van der Waals surface area (Å²) in [5.41, 5.74) is 0.187. The Balaban J connectivity index is 1.77. The van der Waals surface area contributed by atoms with Gasteiger partial charge >= 0.3 is 0 Å². The molecule has 0 saturated heterocycles. The minimum Gasteiger partial charge on any atom is -0.466 e. The minimum absolute atomic E-state index is 0.444. The van der Waals surface area contributed by atoms with Gasteiger partial charge in [0.05, 0.1) is 6.26 Å². The lowest BCUT2D eigenvalue weighted by molar-refractivity contribution is 0.0353. The van der Waals surface area contributed by atoms with E-state index in [0.29, 0.717) is 18.8 Å². The van der Waals surface area contributed by atoms with Crippen LogP contribution in [0.1, 0.15) is 18.2 Å². The van der Waals surface area contributed by atoms with Gasteiger partial charge in [0.1, 0.15) is 11.4 Å². The van der Waals surface area contributed by atoms with Crippen LogP contribution in [0, 0.1) is 0 Å². The highest BCUT2D eigenvalue weighted by molar-refractivity contribution is 5.48. The predicted molar refractivity (Wildman–Crippen MR) is 76.6 cm³/mol. The van der Waals surface area contributed by atoms with E-state index in [1.54, 1.807) is 25.3 Å². The summed E-state index contributed by atoms with van der Waals surface area (Å²) < 4.78 is 5.22. The average molecular weight is 257 g/mol. The molecule has 1 unspecified atom stereocenters. The minimum atomic E-state index is -0.982. The van der Waals surface area contributed by atoms with Gasteiger partial charge in [0.15, 0.2) is 0 Å². The smallest absolute Gasteiger partial charge is 0.136 e. The third-order valence-corrected chi connectivity index (χ3v) is 2.89. The monoisotopic (exact) mass is 257 g/mol. The summed E-state index contributed by atoms with van der Waals surface area (Å²) in [5, 5.41) is 13.4. The highest BCUT2D eigenvalue weighted by Gasteiger charge is 2.25. The Hall–Kier alpha value is -1.84. The quantitative estimate of drug-likeness (QED) is 0.782. The van der Waals surface area contributed by atoms with Crippen molar-refractivity contribution in [3.8, 4) is 0 Å². The first-order valence-corrected chi connectivity index (χ1v) is 6.37. The van der Waals surface area contributed by atoms with Crippen LogP contribution in [0.15, 0.2) is 59.2 Å². The summed E-state index contributed by atoms with van der Waals surface area (Å²) in [6.45, 7) is 2.88. The van der Waals surface area contributed by atoms with Crippen molar-refractivity contribution in [2.45, 2.75) is 12.5 Å². The zero-order valence-corrected chi connectivity index (χ0v) is 11.0. The Bertz CT molecular complexity index is 501. The van der Waals surface area contributed by atoms with Crippen LogP contribution < -0.4 is 5.32 Å². The Labute approximate surface area is 113 Å². The van der Waals surface area contributed by atoms with Crippen LogP contribution in [0.4, 0.5) is 0 Å². The van der Waals surface area contributed by atoms with E-state index >= 15 is 0 Å². The largest absolute Gasteiger partial charge is 0.466 e. The van der Waals surface area contributed by atoms with E-state index in [0.717, 1.165) is 0 Å². The Morgan fingerprint density at radius 3 is 2.68 bits per heavy atom. The van der Waals surface area contributed by atoms with Crippen LogP contribution in [-0.4, -0.2) is 18.2 Å². The number of nitrogens with one attached hydrogen (secondary N) is 1. The third kappa shape index (κ3) is 4.09. The van der Waals surface area contributed by atoms with E-state index in [1.165, 1.54) is 5.56 Å². The van der Waals surface area contributed by atoms with Crippen LogP contribution in [-0.2, 0) is 5.60 Å². The zero-order chi connectivity index (χ0) is 13.6. The molecule has 100 valence electrons. The molecule has 2 N–H and O–H groups in total. The van der Waals surface area contributed by atoms with Gasteiger partial charge in [0.25, 0.3) is 0 Å². The van der Waals surface area contributed by atoms with Crippen molar-refractivity contribution >= 4 is 6.08 Å². The second-order valence-electron chi connectivity index (χ2n) is 4.70.